The van der Waals surface area contributed by atoms with Gasteiger partial charge in [-0.1, -0.05) is 6.07 Å². The number of rotatable bonds is 6. The van der Waals surface area contributed by atoms with Crippen LogP contribution in [-0.4, -0.2) is 43.7 Å². The van der Waals surface area contributed by atoms with Crippen molar-refractivity contribution in [1.82, 2.24) is 5.32 Å². The number of hydrogen-bond donors (Lipinski definition) is 1. The molecule has 0 radical (unpaired) electrons. The predicted molar refractivity (Wildman–Crippen MR) is 96.5 cm³/mol. The van der Waals surface area contributed by atoms with Crippen LogP contribution >= 0.6 is 11.3 Å². The van der Waals surface area contributed by atoms with Crippen LogP contribution in [0.3, 0.4) is 0 Å². The third-order valence-corrected chi connectivity index (χ3v) is 4.96. The van der Waals surface area contributed by atoms with Crippen LogP contribution in [-0.2, 0) is 11.2 Å². The van der Waals surface area contributed by atoms with E-state index in [0.29, 0.717) is 44.1 Å². The maximum atomic E-state index is 12.3. The third-order valence-electron chi connectivity index (χ3n) is 4.02. The van der Waals surface area contributed by atoms with Gasteiger partial charge in [0, 0.05) is 36.1 Å². The van der Waals surface area contributed by atoms with Gasteiger partial charge in [-0.15, -0.1) is 11.3 Å². The SMILES string of the molecule is O=C(NCCc1cccs1)c1ccc(N2CCOCC2)c([N+](=O)[O-])c1. The highest BCUT2D eigenvalue weighted by molar-refractivity contribution is 7.09. The second-order valence-electron chi connectivity index (χ2n) is 5.65. The molecule has 0 aliphatic carbocycles. The summed E-state index contributed by atoms with van der Waals surface area (Å²) >= 11 is 1.64. The van der Waals surface area contributed by atoms with Crippen molar-refractivity contribution in [1.29, 1.82) is 0 Å². The Morgan fingerprint density at radius 3 is 2.80 bits per heavy atom. The van der Waals surface area contributed by atoms with E-state index in [2.05, 4.69) is 5.32 Å². The van der Waals surface area contributed by atoms with E-state index in [1.165, 1.54) is 10.9 Å². The average molecular weight is 361 g/mol. The average Bonchev–Trinajstić information content (AvgIpc) is 3.15. The smallest absolute Gasteiger partial charge is 0.293 e. The van der Waals surface area contributed by atoms with E-state index in [1.807, 2.05) is 22.4 Å². The standard InChI is InChI=1S/C17H19N3O4S/c21-17(18-6-5-14-2-1-11-25-14)13-3-4-15(16(12-13)20(22)23)19-7-9-24-10-8-19/h1-4,11-12H,5-10H2,(H,18,21). The lowest BCUT2D eigenvalue weighted by molar-refractivity contribution is -0.384. The Bertz CT molecular complexity index is 742. The molecular weight excluding hydrogens is 342 g/mol. The summed E-state index contributed by atoms with van der Waals surface area (Å²) in [4.78, 5) is 26.4. The first-order chi connectivity index (χ1) is 12.1. The Balaban J connectivity index is 1.69. The molecule has 132 valence electrons. The van der Waals surface area contributed by atoms with E-state index in [1.54, 1.807) is 23.5 Å². The molecule has 1 N–H and O–H groups in total. The Morgan fingerprint density at radius 2 is 2.12 bits per heavy atom. The zero-order chi connectivity index (χ0) is 17.6. The van der Waals surface area contributed by atoms with Gasteiger partial charge in [-0.3, -0.25) is 14.9 Å². The summed E-state index contributed by atoms with van der Waals surface area (Å²) in [6, 6.07) is 8.62. The molecule has 7 nitrogen and oxygen atoms in total. The number of morpholine rings is 1. The maximum Gasteiger partial charge on any atom is 0.293 e. The van der Waals surface area contributed by atoms with Crippen molar-refractivity contribution in [3.63, 3.8) is 0 Å². The maximum absolute atomic E-state index is 12.3. The van der Waals surface area contributed by atoms with Gasteiger partial charge in [-0.25, -0.2) is 0 Å². The van der Waals surface area contributed by atoms with Crippen LogP contribution < -0.4 is 10.2 Å². The monoisotopic (exact) mass is 361 g/mol. The van der Waals surface area contributed by atoms with Gasteiger partial charge in [-0.2, -0.15) is 0 Å². The molecule has 0 saturated carbocycles. The van der Waals surface area contributed by atoms with Crippen molar-refractivity contribution in [3.05, 3.63) is 56.3 Å². The van der Waals surface area contributed by atoms with Crippen LogP contribution in [0.25, 0.3) is 0 Å². The normalized spacial score (nSPS) is 14.3. The van der Waals surface area contributed by atoms with E-state index in [9.17, 15) is 14.9 Å². The van der Waals surface area contributed by atoms with Gasteiger partial charge in [-0.05, 0) is 30.0 Å². The number of nitrogens with zero attached hydrogens (tertiary/aromatic N) is 2. The summed E-state index contributed by atoms with van der Waals surface area (Å²) in [5.41, 5.74) is 0.783. The number of ether oxygens (including phenoxy) is 1. The molecule has 3 rings (SSSR count). The van der Waals surface area contributed by atoms with Crippen molar-refractivity contribution >= 4 is 28.6 Å². The van der Waals surface area contributed by atoms with Crippen LogP contribution in [0.1, 0.15) is 15.2 Å². The summed E-state index contributed by atoms with van der Waals surface area (Å²) in [5.74, 6) is -0.298. The fraction of sp³-hybridized carbons (Fsp3) is 0.353. The van der Waals surface area contributed by atoms with E-state index in [-0.39, 0.29) is 11.6 Å². The lowest BCUT2D eigenvalue weighted by atomic mass is 10.1. The number of hydrogen-bond acceptors (Lipinski definition) is 6. The lowest BCUT2D eigenvalue weighted by Crippen LogP contribution is -2.36. The van der Waals surface area contributed by atoms with Crippen molar-refractivity contribution in [3.8, 4) is 0 Å². The molecule has 1 aromatic carbocycles. The number of nitrogens with one attached hydrogen (secondary N) is 1. The largest absolute Gasteiger partial charge is 0.378 e. The summed E-state index contributed by atoms with van der Waals surface area (Å²) in [5, 5.41) is 16.2. The minimum atomic E-state index is -0.437. The van der Waals surface area contributed by atoms with Crippen LogP contribution in [0, 0.1) is 10.1 Å². The van der Waals surface area contributed by atoms with Crippen LogP contribution in [0.5, 0.6) is 0 Å². The number of anilines is 1. The molecular formula is C17H19N3O4S. The Kier molecular flexibility index (Phi) is 5.62. The van der Waals surface area contributed by atoms with E-state index in [4.69, 9.17) is 4.74 Å². The summed E-state index contributed by atoms with van der Waals surface area (Å²) in [6.07, 6.45) is 0.747. The van der Waals surface area contributed by atoms with Crippen molar-refractivity contribution in [2.45, 2.75) is 6.42 Å². The first-order valence-electron chi connectivity index (χ1n) is 8.07. The van der Waals surface area contributed by atoms with Crippen LogP contribution in [0.2, 0.25) is 0 Å². The number of nitro groups is 1. The van der Waals surface area contributed by atoms with Gasteiger partial charge in [0.25, 0.3) is 11.6 Å². The van der Waals surface area contributed by atoms with E-state index in [0.717, 1.165) is 6.42 Å². The summed E-state index contributed by atoms with van der Waals surface area (Å²) < 4.78 is 5.28. The van der Waals surface area contributed by atoms with Crippen LogP contribution in [0.4, 0.5) is 11.4 Å². The van der Waals surface area contributed by atoms with Crippen LogP contribution in [0.15, 0.2) is 35.7 Å². The predicted octanol–water partition coefficient (Wildman–Crippen LogP) is 2.47. The Morgan fingerprint density at radius 1 is 1.32 bits per heavy atom. The Labute approximate surface area is 149 Å². The highest BCUT2D eigenvalue weighted by Gasteiger charge is 2.23. The second-order valence-corrected chi connectivity index (χ2v) is 6.68. The molecule has 0 atom stereocenters. The third kappa shape index (κ3) is 4.34. The molecule has 2 heterocycles. The first kappa shape index (κ1) is 17.4. The van der Waals surface area contributed by atoms with Gasteiger partial charge in [0.2, 0.25) is 0 Å². The molecule has 1 amide bonds. The molecule has 1 aliphatic heterocycles. The number of benzene rings is 1. The molecule has 8 heteroatoms. The van der Waals surface area contributed by atoms with Gasteiger partial charge < -0.3 is 15.0 Å². The van der Waals surface area contributed by atoms with Crippen molar-refractivity contribution in [2.75, 3.05) is 37.7 Å². The fourth-order valence-electron chi connectivity index (χ4n) is 2.74. The molecule has 1 aromatic heterocycles. The number of thiophene rings is 1. The molecule has 0 spiro atoms. The number of carbonyl (C=O) groups excluding carboxylic acids is 1. The Hall–Kier alpha value is -2.45. The van der Waals surface area contributed by atoms with E-state index >= 15 is 0 Å². The number of carbonyl (C=O) groups is 1. The topological polar surface area (TPSA) is 84.7 Å². The van der Waals surface area contributed by atoms with Crippen molar-refractivity contribution in [2.24, 2.45) is 0 Å². The molecule has 1 fully saturated rings. The minimum Gasteiger partial charge on any atom is -0.378 e. The van der Waals surface area contributed by atoms with Gasteiger partial charge in [0.15, 0.2) is 0 Å². The second kappa shape index (κ2) is 8.09. The quantitative estimate of drug-likeness (QED) is 0.631. The molecule has 0 bridgehead atoms. The van der Waals surface area contributed by atoms with E-state index < -0.39 is 4.92 Å². The number of nitro benzene ring substituents is 1. The zero-order valence-electron chi connectivity index (χ0n) is 13.6. The minimum absolute atomic E-state index is 0.0483. The molecule has 25 heavy (non-hydrogen) atoms. The van der Waals surface area contributed by atoms with Crippen molar-refractivity contribution < 1.29 is 14.5 Å². The zero-order valence-corrected chi connectivity index (χ0v) is 14.5. The highest BCUT2D eigenvalue weighted by atomic mass is 32.1. The fourth-order valence-corrected chi connectivity index (χ4v) is 3.45. The number of amides is 1. The molecule has 1 aliphatic rings. The van der Waals surface area contributed by atoms with Gasteiger partial charge in [0.05, 0.1) is 18.1 Å². The molecule has 2 aromatic rings. The lowest BCUT2D eigenvalue weighted by Gasteiger charge is -2.28. The summed E-state index contributed by atoms with van der Waals surface area (Å²) in [7, 11) is 0. The first-order valence-corrected chi connectivity index (χ1v) is 8.95. The molecule has 0 unspecified atom stereocenters. The highest BCUT2D eigenvalue weighted by Crippen LogP contribution is 2.29. The molecule has 1 saturated heterocycles. The summed E-state index contributed by atoms with van der Waals surface area (Å²) in [6.45, 7) is 2.79. The van der Waals surface area contributed by atoms with Gasteiger partial charge >= 0.3 is 0 Å². The van der Waals surface area contributed by atoms with Gasteiger partial charge in [0.1, 0.15) is 5.69 Å².